The number of carbonyl (C=O) groups excluding carboxylic acids is 2. The Morgan fingerprint density at radius 2 is 1.70 bits per heavy atom. The second-order valence-electron chi connectivity index (χ2n) is 9.97. The maximum Gasteiger partial charge on any atom is 0.263 e. The van der Waals surface area contributed by atoms with E-state index in [-0.39, 0.29) is 17.5 Å². The molecular weight excluding hydrogens is 414 g/mol. The number of nitrogens with two attached hydrogens (primary N) is 1. The number of rotatable bonds is 8. The van der Waals surface area contributed by atoms with E-state index in [1.54, 1.807) is 38.1 Å². The van der Waals surface area contributed by atoms with Gasteiger partial charge in [-0.2, -0.15) is 0 Å². The van der Waals surface area contributed by atoms with Crippen LogP contribution in [0.2, 0.25) is 0 Å². The smallest absolute Gasteiger partial charge is 0.263 e. The average molecular weight is 452 g/mol. The molecule has 6 nitrogen and oxygen atoms in total. The number of hydrogen-bond donors (Lipinski definition) is 2. The lowest BCUT2D eigenvalue weighted by atomic mass is 9.74. The molecule has 1 aliphatic rings. The van der Waals surface area contributed by atoms with Gasteiger partial charge in [-0.1, -0.05) is 24.3 Å². The zero-order valence-electron chi connectivity index (χ0n) is 20.5. The van der Waals surface area contributed by atoms with Gasteiger partial charge in [0, 0.05) is 17.1 Å². The predicted molar refractivity (Wildman–Crippen MR) is 131 cm³/mol. The van der Waals surface area contributed by atoms with Crippen molar-refractivity contribution in [3.05, 3.63) is 65.2 Å². The maximum atomic E-state index is 13.0. The molecule has 1 saturated carbocycles. The summed E-state index contributed by atoms with van der Waals surface area (Å²) in [5.41, 5.74) is 7.48. The maximum absolute atomic E-state index is 13.0. The molecule has 33 heavy (non-hydrogen) atoms. The zero-order chi connectivity index (χ0) is 24.2. The molecule has 0 aliphatic heterocycles. The first-order valence-corrected chi connectivity index (χ1v) is 11.6. The molecule has 178 valence electrons. The van der Waals surface area contributed by atoms with Gasteiger partial charge >= 0.3 is 0 Å². The number of ether oxygens (including phenoxy) is 1. The minimum atomic E-state index is -1.04. The molecule has 0 bridgehead atoms. The van der Waals surface area contributed by atoms with Gasteiger partial charge in [0.2, 0.25) is 5.91 Å². The number of nitrogens with zero attached hydrogens (tertiary/aromatic N) is 1. The Labute approximate surface area is 197 Å². The van der Waals surface area contributed by atoms with Gasteiger partial charge in [-0.3, -0.25) is 9.59 Å². The number of hydrogen-bond acceptors (Lipinski definition) is 4. The molecule has 0 heterocycles. The van der Waals surface area contributed by atoms with Crippen LogP contribution in [0.5, 0.6) is 5.75 Å². The molecule has 1 aliphatic carbocycles. The average Bonchev–Trinajstić information content (AvgIpc) is 2.76. The van der Waals surface area contributed by atoms with Gasteiger partial charge in [0.25, 0.3) is 5.91 Å². The minimum Gasteiger partial charge on any atom is -0.478 e. The van der Waals surface area contributed by atoms with Gasteiger partial charge in [-0.25, -0.2) is 0 Å². The Morgan fingerprint density at radius 1 is 1.09 bits per heavy atom. The van der Waals surface area contributed by atoms with Crippen molar-refractivity contribution >= 4 is 11.8 Å². The Bertz CT molecular complexity index is 974. The van der Waals surface area contributed by atoms with Crippen LogP contribution in [0, 0.1) is 6.92 Å². The van der Waals surface area contributed by atoms with Gasteiger partial charge in [-0.05, 0) is 102 Å². The minimum absolute atomic E-state index is 0.0987. The summed E-state index contributed by atoms with van der Waals surface area (Å²) in [6, 6.07) is 15.2. The van der Waals surface area contributed by atoms with Gasteiger partial charge < -0.3 is 20.7 Å². The first-order valence-electron chi connectivity index (χ1n) is 11.6. The van der Waals surface area contributed by atoms with Gasteiger partial charge in [0.05, 0.1) is 0 Å². The molecule has 2 aromatic carbocycles. The highest BCUT2D eigenvalue weighted by molar-refractivity contribution is 5.92. The van der Waals surface area contributed by atoms with Crippen LogP contribution in [0.25, 0.3) is 0 Å². The number of aryl methyl sites for hydroxylation is 1. The number of likely N-dealkylation sites (N-methyl/N-ethyl adjacent to an activating group) is 1. The van der Waals surface area contributed by atoms with Crippen LogP contribution in [0.3, 0.4) is 0 Å². The van der Waals surface area contributed by atoms with E-state index in [0.717, 1.165) is 32.1 Å². The second-order valence-corrected chi connectivity index (χ2v) is 9.97. The number of benzene rings is 2. The predicted octanol–water partition coefficient (Wildman–Crippen LogP) is 3.85. The van der Waals surface area contributed by atoms with Crippen LogP contribution >= 0.6 is 0 Å². The summed E-state index contributed by atoms with van der Waals surface area (Å²) in [6.45, 7) is 5.69. The Hall–Kier alpha value is -2.86. The lowest BCUT2D eigenvalue weighted by Gasteiger charge is -2.46. The standard InChI is InChI=1S/C27H37N3O3/c1-19-8-6-7-9-21(19)18-27(30(4)5)16-14-22(15-17-27)29-25(32)26(2,3)33-23-12-10-20(11-13-23)24(28)31/h6-13,22H,14-18H2,1-5H3,(H2,28,31)(H,29,32). The van der Waals surface area contributed by atoms with Crippen molar-refractivity contribution in [2.75, 3.05) is 14.1 Å². The molecule has 0 radical (unpaired) electrons. The van der Waals surface area contributed by atoms with Crippen molar-refractivity contribution in [2.24, 2.45) is 5.73 Å². The van der Waals surface area contributed by atoms with E-state index in [0.29, 0.717) is 11.3 Å². The van der Waals surface area contributed by atoms with E-state index in [2.05, 4.69) is 55.5 Å². The van der Waals surface area contributed by atoms with Crippen molar-refractivity contribution in [3.63, 3.8) is 0 Å². The molecule has 3 N–H and O–H groups in total. The lowest BCUT2D eigenvalue weighted by Crippen LogP contribution is -2.55. The van der Waals surface area contributed by atoms with Gasteiger partial charge in [0.1, 0.15) is 5.75 Å². The first kappa shape index (κ1) is 24.8. The molecular formula is C27H37N3O3. The van der Waals surface area contributed by atoms with Crippen molar-refractivity contribution < 1.29 is 14.3 Å². The highest BCUT2D eigenvalue weighted by Crippen LogP contribution is 2.36. The molecule has 0 saturated heterocycles. The Kier molecular flexibility index (Phi) is 7.48. The third-order valence-corrected chi connectivity index (χ3v) is 7.04. The highest BCUT2D eigenvalue weighted by Gasteiger charge is 2.39. The molecule has 0 spiro atoms. The molecule has 2 amide bonds. The second kappa shape index (κ2) is 9.96. The molecule has 2 aromatic rings. The summed E-state index contributed by atoms with van der Waals surface area (Å²) in [4.78, 5) is 26.6. The highest BCUT2D eigenvalue weighted by atomic mass is 16.5. The van der Waals surface area contributed by atoms with Crippen molar-refractivity contribution in [1.29, 1.82) is 0 Å². The van der Waals surface area contributed by atoms with Gasteiger partial charge in [-0.15, -0.1) is 0 Å². The monoisotopic (exact) mass is 451 g/mol. The number of amides is 2. The normalized spacial score (nSPS) is 21.0. The summed E-state index contributed by atoms with van der Waals surface area (Å²) < 4.78 is 5.94. The van der Waals surface area contributed by atoms with Crippen molar-refractivity contribution in [3.8, 4) is 5.75 Å². The van der Waals surface area contributed by atoms with E-state index in [1.165, 1.54) is 11.1 Å². The van der Waals surface area contributed by atoms with Crippen LogP contribution in [-0.2, 0) is 11.2 Å². The summed E-state index contributed by atoms with van der Waals surface area (Å²) in [6.07, 6.45) is 4.92. The third kappa shape index (κ3) is 5.93. The summed E-state index contributed by atoms with van der Waals surface area (Å²) in [5.74, 6) is -0.108. The molecule has 0 unspecified atom stereocenters. The van der Waals surface area contributed by atoms with Crippen LogP contribution in [0.4, 0.5) is 0 Å². The van der Waals surface area contributed by atoms with Crippen LogP contribution in [0.1, 0.15) is 61.0 Å². The number of primary amides is 1. The fraction of sp³-hybridized carbons (Fsp3) is 0.481. The fourth-order valence-electron chi connectivity index (χ4n) is 4.63. The van der Waals surface area contributed by atoms with Crippen LogP contribution in [0.15, 0.2) is 48.5 Å². The summed E-state index contributed by atoms with van der Waals surface area (Å²) in [7, 11) is 4.33. The van der Waals surface area contributed by atoms with Crippen LogP contribution < -0.4 is 15.8 Å². The SMILES string of the molecule is Cc1ccccc1CC1(N(C)C)CCC(NC(=O)C(C)(C)Oc2ccc(C(N)=O)cc2)CC1. The zero-order valence-corrected chi connectivity index (χ0v) is 20.5. The first-order chi connectivity index (χ1) is 15.5. The van der Waals surface area contributed by atoms with Crippen LogP contribution in [-0.4, -0.2) is 48.0 Å². The molecule has 3 rings (SSSR count). The lowest BCUT2D eigenvalue weighted by molar-refractivity contribution is -0.135. The Morgan fingerprint density at radius 3 is 2.24 bits per heavy atom. The van der Waals surface area contributed by atoms with E-state index in [1.807, 2.05) is 0 Å². The number of nitrogens with one attached hydrogen (secondary N) is 1. The van der Waals surface area contributed by atoms with Gasteiger partial charge in [0.15, 0.2) is 5.60 Å². The largest absolute Gasteiger partial charge is 0.478 e. The molecule has 0 atom stereocenters. The molecule has 1 fully saturated rings. The molecule has 6 heteroatoms. The molecule has 0 aromatic heterocycles. The van der Waals surface area contributed by atoms with Crippen molar-refractivity contribution in [2.45, 2.75) is 70.1 Å². The van der Waals surface area contributed by atoms with E-state index in [4.69, 9.17) is 10.5 Å². The quantitative estimate of drug-likeness (QED) is 0.638. The topological polar surface area (TPSA) is 84.7 Å². The Balaban J connectivity index is 1.60. The van der Waals surface area contributed by atoms with Crippen molar-refractivity contribution in [1.82, 2.24) is 10.2 Å². The number of carbonyl (C=O) groups is 2. The van der Waals surface area contributed by atoms with E-state index >= 15 is 0 Å². The fourth-order valence-corrected chi connectivity index (χ4v) is 4.63. The van der Waals surface area contributed by atoms with E-state index in [9.17, 15) is 9.59 Å². The summed E-state index contributed by atoms with van der Waals surface area (Å²) in [5, 5.41) is 3.20. The van der Waals surface area contributed by atoms with E-state index < -0.39 is 11.5 Å². The third-order valence-electron chi connectivity index (χ3n) is 7.04. The summed E-state index contributed by atoms with van der Waals surface area (Å²) >= 11 is 0.